The molecule has 0 bridgehead atoms. The van der Waals surface area contributed by atoms with Gasteiger partial charge in [0.25, 0.3) is 0 Å². The zero-order chi connectivity index (χ0) is 18.1. The van der Waals surface area contributed by atoms with Crippen LogP contribution in [0.3, 0.4) is 0 Å². The van der Waals surface area contributed by atoms with Crippen LogP contribution in [-0.4, -0.2) is 26.1 Å². The second-order valence-corrected chi connectivity index (χ2v) is 7.05. The van der Waals surface area contributed by atoms with Gasteiger partial charge in [-0.05, 0) is 19.3 Å². The Morgan fingerprint density at radius 1 is 0.833 bits per heavy atom. The Balaban J connectivity index is -0.000000538. The van der Waals surface area contributed by atoms with Gasteiger partial charge in [-0.2, -0.15) is 8.42 Å². The fourth-order valence-electron chi connectivity index (χ4n) is 1.69. The van der Waals surface area contributed by atoms with Gasteiger partial charge in [0.05, 0.1) is 5.75 Å². The number of unbranched alkanes of at least 4 members (excludes halogenated alkanes) is 5. The summed E-state index contributed by atoms with van der Waals surface area (Å²) in [6.45, 7) is 5.75. The molecule has 0 saturated heterocycles. The third-order valence-electron chi connectivity index (χ3n) is 2.88. The van der Waals surface area contributed by atoms with Gasteiger partial charge in [-0.25, -0.2) is 0 Å². The maximum absolute atomic E-state index is 11.4. The number of carbonyl (C=O) groups excluding carboxylic acids is 2. The summed E-state index contributed by atoms with van der Waals surface area (Å²) >= 11 is 0. The molecular formula is C16H31NaO6S. The Kier molecular flexibility index (Phi) is 23.0. The van der Waals surface area contributed by atoms with E-state index in [1.807, 2.05) is 6.92 Å². The van der Waals surface area contributed by atoms with Crippen LogP contribution in [-0.2, 0) is 23.9 Å². The maximum atomic E-state index is 11.4. The molecule has 0 aromatic carbocycles. The molecular weight excluding hydrogens is 343 g/mol. The minimum absolute atomic E-state index is 0. The molecule has 0 aromatic heterocycles. The number of hydrogen-bond acceptors (Lipinski definition) is 6. The fraction of sp³-hybridized carbons (Fsp3) is 0.875. The molecule has 0 aliphatic heterocycles. The van der Waals surface area contributed by atoms with Crippen LogP contribution in [0.25, 0.3) is 0 Å². The molecule has 138 valence electrons. The van der Waals surface area contributed by atoms with Crippen LogP contribution in [0.5, 0.6) is 0 Å². The fourth-order valence-corrected chi connectivity index (χ4v) is 2.70. The molecule has 0 fully saturated rings. The van der Waals surface area contributed by atoms with Crippen LogP contribution in [0.2, 0.25) is 0 Å². The maximum Gasteiger partial charge on any atom is 1.00 e. The first kappa shape index (κ1) is 28.7. The van der Waals surface area contributed by atoms with Crippen molar-refractivity contribution in [1.29, 1.82) is 0 Å². The van der Waals surface area contributed by atoms with Crippen LogP contribution in [0.15, 0.2) is 0 Å². The first-order valence-electron chi connectivity index (χ1n) is 8.43. The van der Waals surface area contributed by atoms with Crippen molar-refractivity contribution in [3.05, 3.63) is 0 Å². The van der Waals surface area contributed by atoms with Gasteiger partial charge in [0.15, 0.2) is 0 Å². The molecule has 0 aliphatic rings. The Morgan fingerprint density at radius 2 is 1.33 bits per heavy atom. The molecule has 0 unspecified atom stereocenters. The summed E-state index contributed by atoms with van der Waals surface area (Å²) in [4.78, 5) is 20.5. The summed E-state index contributed by atoms with van der Waals surface area (Å²) in [7, 11) is -3.65. The average Bonchev–Trinajstić information content (AvgIpc) is 2.42. The van der Waals surface area contributed by atoms with Gasteiger partial charge in [0.2, 0.25) is 0 Å². The van der Waals surface area contributed by atoms with Crippen molar-refractivity contribution in [2.45, 2.75) is 85.0 Å². The number of aliphatic carboxylic acids is 1. The Morgan fingerprint density at radius 3 is 1.75 bits per heavy atom. The first-order valence-corrected chi connectivity index (χ1v) is 10.0. The van der Waals surface area contributed by atoms with Crippen molar-refractivity contribution in [2.24, 2.45) is 0 Å². The molecule has 0 saturated carbocycles. The summed E-state index contributed by atoms with van der Waals surface area (Å²) in [5.41, 5.74) is 0. The molecule has 24 heavy (non-hydrogen) atoms. The van der Waals surface area contributed by atoms with E-state index < -0.39 is 22.1 Å². The molecule has 0 N–H and O–H groups in total. The van der Waals surface area contributed by atoms with Crippen LogP contribution in [0.1, 0.15) is 85.0 Å². The largest absolute Gasteiger partial charge is 1.00 e. The standard InChI is InChI=1S/C12H24O4S.C4H8O2.Na/c1-3-5-6-7-8-9-11-17(14,15)16-12(13)10-4-2;1-2-3-4(5)6;/h3-11H2,1-2H3;2-3H2,1H3,(H,5,6);/q;;+1/p-1. The monoisotopic (exact) mass is 374 g/mol. The van der Waals surface area contributed by atoms with E-state index in [-0.39, 0.29) is 48.2 Å². The smallest absolute Gasteiger partial charge is 0.550 e. The average molecular weight is 374 g/mol. The topological polar surface area (TPSA) is 101 Å². The normalized spacial score (nSPS) is 10.1. The predicted molar refractivity (Wildman–Crippen MR) is 88.1 cm³/mol. The number of rotatable bonds is 12. The van der Waals surface area contributed by atoms with Gasteiger partial charge >= 0.3 is 45.6 Å². The molecule has 6 nitrogen and oxygen atoms in total. The second kappa shape index (κ2) is 19.2. The number of carboxylic acid groups (broad SMARTS) is 1. The van der Waals surface area contributed by atoms with Crippen molar-refractivity contribution in [3.8, 4) is 0 Å². The van der Waals surface area contributed by atoms with Crippen molar-refractivity contribution in [2.75, 3.05) is 5.75 Å². The summed E-state index contributed by atoms with van der Waals surface area (Å²) in [6, 6.07) is 0. The van der Waals surface area contributed by atoms with Crippen molar-refractivity contribution < 1.29 is 56.9 Å². The van der Waals surface area contributed by atoms with E-state index in [0.29, 0.717) is 19.3 Å². The zero-order valence-corrected chi connectivity index (χ0v) is 18.5. The second-order valence-electron chi connectivity index (χ2n) is 5.36. The molecule has 0 aliphatic carbocycles. The van der Waals surface area contributed by atoms with Gasteiger partial charge < -0.3 is 14.1 Å². The SMILES string of the molecule is CCCC(=O)[O-].CCCCCCCCS(=O)(=O)OC(=O)CCC.[Na+]. The van der Waals surface area contributed by atoms with E-state index in [1.54, 1.807) is 6.92 Å². The quantitative estimate of drug-likeness (QED) is 0.261. The molecule has 0 radical (unpaired) electrons. The van der Waals surface area contributed by atoms with Crippen molar-refractivity contribution in [1.82, 2.24) is 0 Å². The van der Waals surface area contributed by atoms with Crippen LogP contribution in [0, 0.1) is 0 Å². The number of carbonyl (C=O) groups is 2. The third-order valence-corrected chi connectivity index (χ3v) is 4.10. The molecule has 0 aromatic rings. The third kappa shape index (κ3) is 24.1. The van der Waals surface area contributed by atoms with Gasteiger partial charge in [-0.15, -0.1) is 0 Å². The van der Waals surface area contributed by atoms with Crippen molar-refractivity contribution >= 4 is 22.1 Å². The molecule has 0 spiro atoms. The van der Waals surface area contributed by atoms with Crippen LogP contribution >= 0.6 is 0 Å². The summed E-state index contributed by atoms with van der Waals surface area (Å²) in [5, 5.41) is 9.49. The van der Waals surface area contributed by atoms with Gasteiger partial charge in [-0.1, -0.05) is 59.3 Å². The minimum atomic E-state index is -3.65. The van der Waals surface area contributed by atoms with Gasteiger partial charge in [-0.3, -0.25) is 4.79 Å². The van der Waals surface area contributed by atoms with E-state index in [2.05, 4.69) is 11.1 Å². The van der Waals surface area contributed by atoms with E-state index in [0.717, 1.165) is 19.3 Å². The molecule has 0 atom stereocenters. The van der Waals surface area contributed by atoms with E-state index in [4.69, 9.17) is 0 Å². The Labute approximate surface area is 169 Å². The Bertz CT molecular complexity index is 409. The molecule has 8 heteroatoms. The molecule has 0 amide bonds. The zero-order valence-electron chi connectivity index (χ0n) is 15.6. The summed E-state index contributed by atoms with van der Waals surface area (Å²) < 4.78 is 27.2. The van der Waals surface area contributed by atoms with E-state index in [9.17, 15) is 23.1 Å². The van der Waals surface area contributed by atoms with Gasteiger partial charge in [0.1, 0.15) is 0 Å². The Hall–Kier alpha value is -0.110. The molecule has 0 rings (SSSR count). The first-order chi connectivity index (χ1) is 10.8. The van der Waals surface area contributed by atoms with E-state index in [1.165, 1.54) is 12.8 Å². The molecule has 0 heterocycles. The van der Waals surface area contributed by atoms with Crippen molar-refractivity contribution in [3.63, 3.8) is 0 Å². The summed E-state index contributed by atoms with van der Waals surface area (Å²) in [6.07, 6.45) is 7.63. The van der Waals surface area contributed by atoms with Gasteiger partial charge in [0, 0.05) is 12.4 Å². The van der Waals surface area contributed by atoms with Crippen LogP contribution in [0.4, 0.5) is 0 Å². The summed E-state index contributed by atoms with van der Waals surface area (Å²) in [5.74, 6) is -1.65. The van der Waals surface area contributed by atoms with E-state index >= 15 is 0 Å². The van der Waals surface area contributed by atoms with Crippen LogP contribution < -0.4 is 34.7 Å². The predicted octanol–water partition coefficient (Wildman–Crippen LogP) is -0.440. The minimum Gasteiger partial charge on any atom is -0.550 e. The number of hydrogen-bond donors (Lipinski definition) is 0. The number of carboxylic acids is 1.